The SMILES string of the molecule is ON=Cc1cnn2c1CCCC2. The predicted molar refractivity (Wildman–Crippen MR) is 44.5 cm³/mol. The van der Waals surface area contributed by atoms with Crippen LogP contribution in [-0.2, 0) is 13.0 Å². The molecule has 0 bridgehead atoms. The Balaban J connectivity index is 2.38. The van der Waals surface area contributed by atoms with Gasteiger partial charge in [0.15, 0.2) is 0 Å². The van der Waals surface area contributed by atoms with Crippen molar-refractivity contribution in [1.29, 1.82) is 0 Å². The summed E-state index contributed by atoms with van der Waals surface area (Å²) in [6, 6.07) is 0. The highest BCUT2D eigenvalue weighted by molar-refractivity contribution is 5.80. The first kappa shape index (κ1) is 7.34. The maximum Gasteiger partial charge on any atom is 0.0768 e. The number of aryl methyl sites for hydroxylation is 1. The standard InChI is InChI=1S/C8H11N3O/c12-10-6-7-5-9-11-4-2-1-3-8(7)11/h5-6,12H,1-4H2. The first-order valence-corrected chi connectivity index (χ1v) is 4.14. The van der Waals surface area contributed by atoms with Crippen molar-refractivity contribution < 1.29 is 5.21 Å². The monoisotopic (exact) mass is 165 g/mol. The maximum absolute atomic E-state index is 8.37. The van der Waals surface area contributed by atoms with Crippen LogP contribution in [0.2, 0.25) is 0 Å². The number of nitrogens with zero attached hydrogens (tertiary/aromatic N) is 3. The lowest BCUT2D eigenvalue weighted by molar-refractivity contribution is 0.321. The van der Waals surface area contributed by atoms with Gasteiger partial charge in [0.05, 0.1) is 12.4 Å². The third kappa shape index (κ3) is 1.09. The summed E-state index contributed by atoms with van der Waals surface area (Å²) in [7, 11) is 0. The van der Waals surface area contributed by atoms with Gasteiger partial charge in [0.1, 0.15) is 0 Å². The lowest BCUT2D eigenvalue weighted by Crippen LogP contribution is -2.11. The normalized spacial score (nSPS) is 16.7. The van der Waals surface area contributed by atoms with E-state index in [-0.39, 0.29) is 0 Å². The Morgan fingerprint density at radius 2 is 2.50 bits per heavy atom. The van der Waals surface area contributed by atoms with Gasteiger partial charge in [-0.3, -0.25) is 4.68 Å². The molecule has 1 aliphatic rings. The molecule has 64 valence electrons. The molecule has 4 heteroatoms. The number of aromatic nitrogens is 2. The van der Waals surface area contributed by atoms with Crippen LogP contribution in [0, 0.1) is 0 Å². The van der Waals surface area contributed by atoms with Gasteiger partial charge in [-0.2, -0.15) is 5.10 Å². The van der Waals surface area contributed by atoms with E-state index in [1.165, 1.54) is 24.8 Å². The number of oxime groups is 1. The fourth-order valence-corrected chi connectivity index (χ4v) is 1.62. The van der Waals surface area contributed by atoms with E-state index in [9.17, 15) is 0 Å². The zero-order chi connectivity index (χ0) is 8.39. The lowest BCUT2D eigenvalue weighted by Gasteiger charge is -2.13. The van der Waals surface area contributed by atoms with Gasteiger partial charge in [0, 0.05) is 17.8 Å². The molecular weight excluding hydrogens is 154 g/mol. The molecule has 0 unspecified atom stereocenters. The van der Waals surface area contributed by atoms with Crippen molar-refractivity contribution in [3.63, 3.8) is 0 Å². The molecule has 12 heavy (non-hydrogen) atoms. The quantitative estimate of drug-likeness (QED) is 0.384. The molecule has 1 aromatic heterocycles. The number of hydrogen-bond donors (Lipinski definition) is 1. The van der Waals surface area contributed by atoms with Gasteiger partial charge in [-0.05, 0) is 19.3 Å². The summed E-state index contributed by atoms with van der Waals surface area (Å²) in [6.07, 6.45) is 6.65. The van der Waals surface area contributed by atoms with Gasteiger partial charge in [-0.1, -0.05) is 5.16 Å². The van der Waals surface area contributed by atoms with Gasteiger partial charge in [-0.25, -0.2) is 0 Å². The summed E-state index contributed by atoms with van der Waals surface area (Å²) < 4.78 is 1.99. The first-order valence-electron chi connectivity index (χ1n) is 4.14. The second-order valence-electron chi connectivity index (χ2n) is 2.97. The van der Waals surface area contributed by atoms with Crippen molar-refractivity contribution in [3.8, 4) is 0 Å². The van der Waals surface area contributed by atoms with Crippen LogP contribution in [0.15, 0.2) is 11.4 Å². The molecule has 1 aliphatic heterocycles. The van der Waals surface area contributed by atoms with E-state index in [1.54, 1.807) is 6.20 Å². The van der Waals surface area contributed by atoms with E-state index >= 15 is 0 Å². The highest BCUT2D eigenvalue weighted by Gasteiger charge is 2.12. The molecule has 0 atom stereocenters. The third-order valence-corrected chi connectivity index (χ3v) is 2.21. The van der Waals surface area contributed by atoms with Gasteiger partial charge in [0.2, 0.25) is 0 Å². The summed E-state index contributed by atoms with van der Waals surface area (Å²) in [5, 5.41) is 15.6. The van der Waals surface area contributed by atoms with Gasteiger partial charge in [-0.15, -0.1) is 0 Å². The van der Waals surface area contributed by atoms with E-state index in [1.807, 2.05) is 4.68 Å². The van der Waals surface area contributed by atoms with E-state index < -0.39 is 0 Å². The van der Waals surface area contributed by atoms with E-state index in [0.29, 0.717) is 0 Å². The molecule has 0 amide bonds. The smallest absolute Gasteiger partial charge is 0.0768 e. The van der Waals surface area contributed by atoms with Crippen LogP contribution >= 0.6 is 0 Å². The summed E-state index contributed by atoms with van der Waals surface area (Å²) in [5.41, 5.74) is 2.14. The Labute approximate surface area is 70.5 Å². The minimum absolute atomic E-state index is 0.942. The fourth-order valence-electron chi connectivity index (χ4n) is 1.62. The van der Waals surface area contributed by atoms with Crippen molar-refractivity contribution in [2.24, 2.45) is 5.16 Å². The third-order valence-electron chi connectivity index (χ3n) is 2.21. The zero-order valence-corrected chi connectivity index (χ0v) is 6.77. The zero-order valence-electron chi connectivity index (χ0n) is 6.77. The van der Waals surface area contributed by atoms with Gasteiger partial charge < -0.3 is 5.21 Å². The van der Waals surface area contributed by atoms with E-state index in [0.717, 1.165) is 18.5 Å². The molecule has 0 saturated carbocycles. The van der Waals surface area contributed by atoms with Crippen LogP contribution in [0.4, 0.5) is 0 Å². The minimum Gasteiger partial charge on any atom is -0.411 e. The summed E-state index contributed by atoms with van der Waals surface area (Å²) in [6.45, 7) is 0.995. The second kappa shape index (κ2) is 2.97. The molecule has 0 spiro atoms. The molecule has 1 aromatic rings. The van der Waals surface area contributed by atoms with Crippen molar-refractivity contribution in [2.45, 2.75) is 25.8 Å². The molecule has 0 radical (unpaired) electrons. The second-order valence-corrected chi connectivity index (χ2v) is 2.97. The average molecular weight is 165 g/mol. The first-order chi connectivity index (χ1) is 5.92. The highest BCUT2D eigenvalue weighted by Crippen LogP contribution is 2.16. The van der Waals surface area contributed by atoms with Crippen LogP contribution in [-0.4, -0.2) is 21.2 Å². The average Bonchev–Trinajstić information content (AvgIpc) is 2.50. The Bertz CT molecular complexity index is 303. The topological polar surface area (TPSA) is 50.4 Å². The molecule has 2 rings (SSSR count). The number of hydrogen-bond acceptors (Lipinski definition) is 3. The molecule has 1 N–H and O–H groups in total. The molecule has 2 heterocycles. The van der Waals surface area contributed by atoms with Crippen LogP contribution in [0.3, 0.4) is 0 Å². The van der Waals surface area contributed by atoms with Crippen LogP contribution < -0.4 is 0 Å². The van der Waals surface area contributed by atoms with Crippen molar-refractivity contribution in [2.75, 3.05) is 0 Å². The largest absolute Gasteiger partial charge is 0.411 e. The molecular formula is C8H11N3O. The Hall–Kier alpha value is -1.32. The van der Waals surface area contributed by atoms with E-state index in [4.69, 9.17) is 5.21 Å². The predicted octanol–water partition coefficient (Wildman–Crippen LogP) is 1.03. The van der Waals surface area contributed by atoms with Gasteiger partial charge >= 0.3 is 0 Å². The minimum atomic E-state index is 0.942. The van der Waals surface area contributed by atoms with Crippen LogP contribution in [0.25, 0.3) is 0 Å². The molecule has 4 nitrogen and oxygen atoms in total. The number of rotatable bonds is 1. The van der Waals surface area contributed by atoms with Crippen LogP contribution in [0.1, 0.15) is 24.1 Å². The Kier molecular flexibility index (Phi) is 1.81. The highest BCUT2D eigenvalue weighted by atomic mass is 16.4. The molecule has 0 aliphatic carbocycles. The van der Waals surface area contributed by atoms with Crippen LogP contribution in [0.5, 0.6) is 0 Å². The lowest BCUT2D eigenvalue weighted by atomic mass is 10.1. The Morgan fingerprint density at radius 3 is 3.33 bits per heavy atom. The summed E-state index contributed by atoms with van der Waals surface area (Å²) in [4.78, 5) is 0. The molecule has 0 fully saturated rings. The summed E-state index contributed by atoms with van der Waals surface area (Å²) in [5.74, 6) is 0. The summed E-state index contributed by atoms with van der Waals surface area (Å²) >= 11 is 0. The number of fused-ring (bicyclic) bond motifs is 1. The molecule has 0 saturated heterocycles. The molecule has 0 aromatic carbocycles. The maximum atomic E-state index is 8.37. The van der Waals surface area contributed by atoms with Crippen molar-refractivity contribution in [1.82, 2.24) is 9.78 Å². The van der Waals surface area contributed by atoms with Crippen molar-refractivity contribution in [3.05, 3.63) is 17.5 Å². The Morgan fingerprint density at radius 1 is 1.58 bits per heavy atom. The fraction of sp³-hybridized carbons (Fsp3) is 0.500. The van der Waals surface area contributed by atoms with Crippen molar-refractivity contribution >= 4 is 6.21 Å². The van der Waals surface area contributed by atoms with Gasteiger partial charge in [0.25, 0.3) is 0 Å². The van der Waals surface area contributed by atoms with E-state index in [2.05, 4.69) is 10.3 Å².